The van der Waals surface area contributed by atoms with Gasteiger partial charge in [-0.2, -0.15) is 10.2 Å². The van der Waals surface area contributed by atoms with E-state index in [0.29, 0.717) is 17.3 Å². The second kappa shape index (κ2) is 8.05. The summed E-state index contributed by atoms with van der Waals surface area (Å²) in [7, 11) is 0. The molecule has 0 radical (unpaired) electrons. The van der Waals surface area contributed by atoms with Gasteiger partial charge in [-0.1, -0.05) is 0 Å². The maximum atomic E-state index is 8.91. The summed E-state index contributed by atoms with van der Waals surface area (Å²) in [5.74, 6) is 1.12. The van der Waals surface area contributed by atoms with E-state index in [1.54, 1.807) is 24.4 Å². The Hall–Kier alpha value is -4.57. The van der Waals surface area contributed by atoms with E-state index >= 15 is 0 Å². The fourth-order valence-electron chi connectivity index (χ4n) is 3.38. The number of nitrogens with one attached hydrogen (secondary N) is 3. The third kappa shape index (κ3) is 4.09. The van der Waals surface area contributed by atoms with E-state index in [1.165, 1.54) is 5.56 Å². The van der Waals surface area contributed by atoms with Crippen LogP contribution in [0, 0.1) is 11.3 Å². The Bertz CT molecular complexity index is 1360. The van der Waals surface area contributed by atoms with Crippen LogP contribution in [-0.4, -0.2) is 15.0 Å². The molecule has 0 atom stereocenters. The first-order valence-electron chi connectivity index (χ1n) is 9.76. The van der Waals surface area contributed by atoms with Gasteiger partial charge in [-0.15, -0.1) is 0 Å². The van der Waals surface area contributed by atoms with Gasteiger partial charge in [0.25, 0.3) is 0 Å². The lowest BCUT2D eigenvalue weighted by Gasteiger charge is -2.08. The van der Waals surface area contributed by atoms with Gasteiger partial charge in [0.05, 0.1) is 17.9 Å². The number of rotatable bonds is 6. The van der Waals surface area contributed by atoms with Crippen LogP contribution in [0.15, 0.2) is 83.9 Å². The van der Waals surface area contributed by atoms with Crippen molar-refractivity contribution in [2.45, 2.75) is 6.42 Å². The minimum atomic E-state index is 0.461. The quantitative estimate of drug-likeness (QED) is 0.344. The summed E-state index contributed by atoms with van der Waals surface area (Å²) in [6.07, 6.45) is 8.23. The zero-order valence-corrected chi connectivity index (χ0v) is 16.5. The third-order valence-electron chi connectivity index (χ3n) is 4.91. The number of nitriles is 1. The van der Waals surface area contributed by atoms with Gasteiger partial charge in [-0.05, 0) is 54.1 Å². The number of furan rings is 1. The number of aromatic amines is 1. The van der Waals surface area contributed by atoms with E-state index in [2.05, 4.69) is 43.8 Å². The van der Waals surface area contributed by atoms with E-state index in [9.17, 15) is 0 Å². The first-order chi connectivity index (χ1) is 15.3. The van der Waals surface area contributed by atoms with Crippen LogP contribution in [0.5, 0.6) is 0 Å². The van der Waals surface area contributed by atoms with Crippen molar-refractivity contribution in [1.29, 1.82) is 5.26 Å². The maximum Gasteiger partial charge on any atom is 0.229 e. The van der Waals surface area contributed by atoms with E-state index < -0.39 is 0 Å². The summed E-state index contributed by atoms with van der Waals surface area (Å²) in [6.45, 7) is 0. The van der Waals surface area contributed by atoms with Crippen LogP contribution in [0.3, 0.4) is 0 Å². The molecule has 7 heteroatoms. The lowest BCUT2D eigenvalue weighted by molar-refractivity contribution is 0.612. The van der Waals surface area contributed by atoms with Gasteiger partial charge in [0.1, 0.15) is 11.4 Å². The number of aromatic nitrogens is 3. The van der Waals surface area contributed by atoms with E-state index in [-0.39, 0.29) is 0 Å². The van der Waals surface area contributed by atoms with E-state index in [1.807, 2.05) is 42.9 Å². The zero-order chi connectivity index (χ0) is 21.0. The number of H-pyrrole nitrogens is 1. The Labute approximate surface area is 178 Å². The van der Waals surface area contributed by atoms with Gasteiger partial charge >= 0.3 is 0 Å². The Kier molecular flexibility index (Phi) is 4.79. The average Bonchev–Trinajstić information content (AvgIpc) is 3.45. The Morgan fingerprint density at radius 3 is 2.68 bits per heavy atom. The van der Waals surface area contributed by atoms with Gasteiger partial charge in [0.15, 0.2) is 0 Å². The van der Waals surface area contributed by atoms with Gasteiger partial charge in [0, 0.05) is 53.4 Å². The molecule has 7 nitrogen and oxygen atoms in total. The van der Waals surface area contributed by atoms with Crippen molar-refractivity contribution in [3.05, 3.63) is 96.1 Å². The van der Waals surface area contributed by atoms with Crippen LogP contribution in [0.4, 0.5) is 23.1 Å². The monoisotopic (exact) mass is 406 g/mol. The molecule has 0 saturated carbocycles. The fraction of sp³-hybridized carbons (Fsp3) is 0.0417. The molecule has 0 unspecified atom stereocenters. The first kappa shape index (κ1) is 18.5. The molecule has 0 aliphatic heterocycles. The standard InChI is InChI=1S/C24H18N6O/c25-13-16-1-3-19(4-2-16)29-24-27-10-8-23(30-24)28-20-5-6-21-18(15-31-22(21)12-20)11-17-7-9-26-14-17/h1-10,12,14-15,26H,11H2,(H2,27,28,29,30). The molecule has 3 aromatic heterocycles. The number of benzene rings is 2. The Balaban J connectivity index is 1.32. The lowest BCUT2D eigenvalue weighted by atomic mass is 10.1. The van der Waals surface area contributed by atoms with Gasteiger partial charge < -0.3 is 20.0 Å². The molecule has 31 heavy (non-hydrogen) atoms. The molecule has 0 aliphatic carbocycles. The molecular weight excluding hydrogens is 388 g/mol. The summed E-state index contributed by atoms with van der Waals surface area (Å²) >= 11 is 0. The van der Waals surface area contributed by atoms with Crippen molar-refractivity contribution < 1.29 is 4.42 Å². The molecule has 5 rings (SSSR count). The molecule has 0 amide bonds. The average molecular weight is 406 g/mol. The van der Waals surface area contributed by atoms with E-state index in [0.717, 1.165) is 34.3 Å². The molecule has 0 fully saturated rings. The molecule has 2 aromatic carbocycles. The Morgan fingerprint density at radius 1 is 1.00 bits per heavy atom. The predicted octanol–water partition coefficient (Wildman–Crippen LogP) is 5.50. The highest BCUT2D eigenvalue weighted by Crippen LogP contribution is 2.27. The van der Waals surface area contributed by atoms with Crippen molar-refractivity contribution in [3.8, 4) is 6.07 Å². The van der Waals surface area contributed by atoms with Crippen molar-refractivity contribution in [1.82, 2.24) is 15.0 Å². The van der Waals surface area contributed by atoms with Crippen molar-refractivity contribution in [2.75, 3.05) is 10.6 Å². The highest BCUT2D eigenvalue weighted by Gasteiger charge is 2.09. The molecule has 0 aliphatic rings. The van der Waals surface area contributed by atoms with Crippen LogP contribution in [-0.2, 0) is 6.42 Å². The molecule has 150 valence electrons. The molecule has 3 heterocycles. The van der Waals surface area contributed by atoms with Crippen LogP contribution in [0.2, 0.25) is 0 Å². The highest BCUT2D eigenvalue weighted by molar-refractivity contribution is 5.85. The normalized spacial score (nSPS) is 10.7. The second-order valence-corrected chi connectivity index (χ2v) is 7.07. The number of hydrogen-bond acceptors (Lipinski definition) is 6. The summed E-state index contributed by atoms with van der Waals surface area (Å²) in [4.78, 5) is 11.8. The second-order valence-electron chi connectivity index (χ2n) is 7.07. The van der Waals surface area contributed by atoms with Gasteiger partial charge in [-0.3, -0.25) is 0 Å². The summed E-state index contributed by atoms with van der Waals surface area (Å²) in [6, 6.07) is 19.1. The highest BCUT2D eigenvalue weighted by atomic mass is 16.3. The van der Waals surface area contributed by atoms with Crippen molar-refractivity contribution >= 4 is 34.1 Å². The minimum Gasteiger partial charge on any atom is -0.464 e. The molecule has 0 spiro atoms. The van der Waals surface area contributed by atoms with Crippen LogP contribution in [0.1, 0.15) is 16.7 Å². The SMILES string of the molecule is N#Cc1ccc(Nc2nccc(Nc3ccc4c(Cc5cc[nH]c5)coc4c3)n2)cc1. The predicted molar refractivity (Wildman–Crippen MR) is 120 cm³/mol. The topological polar surface area (TPSA) is 103 Å². The third-order valence-corrected chi connectivity index (χ3v) is 4.91. The molecule has 5 aromatic rings. The number of fused-ring (bicyclic) bond motifs is 1. The Morgan fingerprint density at radius 2 is 1.87 bits per heavy atom. The zero-order valence-electron chi connectivity index (χ0n) is 16.5. The lowest BCUT2D eigenvalue weighted by Crippen LogP contribution is -2.00. The van der Waals surface area contributed by atoms with E-state index in [4.69, 9.17) is 9.68 Å². The summed E-state index contributed by atoms with van der Waals surface area (Å²) in [5.41, 5.74) is 5.47. The van der Waals surface area contributed by atoms with Crippen molar-refractivity contribution in [3.63, 3.8) is 0 Å². The van der Waals surface area contributed by atoms with Gasteiger partial charge in [-0.25, -0.2) is 4.98 Å². The molecule has 0 saturated heterocycles. The summed E-state index contributed by atoms with van der Waals surface area (Å²) in [5, 5.41) is 16.4. The number of anilines is 4. The van der Waals surface area contributed by atoms with Gasteiger partial charge in [0.2, 0.25) is 5.95 Å². The minimum absolute atomic E-state index is 0.461. The van der Waals surface area contributed by atoms with Crippen molar-refractivity contribution in [2.24, 2.45) is 0 Å². The van der Waals surface area contributed by atoms with Crippen LogP contribution in [0.25, 0.3) is 11.0 Å². The molecule has 0 bridgehead atoms. The smallest absolute Gasteiger partial charge is 0.229 e. The van der Waals surface area contributed by atoms with Crippen LogP contribution >= 0.6 is 0 Å². The molecular formula is C24H18N6O. The fourth-order valence-corrected chi connectivity index (χ4v) is 3.38. The molecule has 3 N–H and O–H groups in total. The number of hydrogen-bond donors (Lipinski definition) is 3. The summed E-state index contributed by atoms with van der Waals surface area (Å²) < 4.78 is 5.78. The van der Waals surface area contributed by atoms with Crippen LogP contribution < -0.4 is 10.6 Å². The maximum absolute atomic E-state index is 8.91. The number of nitrogens with zero attached hydrogens (tertiary/aromatic N) is 3. The first-order valence-corrected chi connectivity index (χ1v) is 9.76. The largest absolute Gasteiger partial charge is 0.464 e.